The Morgan fingerprint density at radius 1 is 0.571 bits per heavy atom. The van der Waals surface area contributed by atoms with E-state index < -0.39 is 118 Å². The number of amides is 4. The van der Waals surface area contributed by atoms with Crippen LogP contribution in [0.2, 0.25) is 20.1 Å². The number of alkyl halides is 4. The van der Waals surface area contributed by atoms with E-state index >= 15 is 8.78 Å². The van der Waals surface area contributed by atoms with Crippen LogP contribution in [-0.2, 0) is 58.5 Å². The molecule has 4 aromatic rings. The predicted octanol–water partition coefficient (Wildman–Crippen LogP) is 14.3. The van der Waals surface area contributed by atoms with Crippen LogP contribution in [0.4, 0.5) is 37.7 Å². The number of rotatable bonds is 14. The Hall–Kier alpha value is -5.23. The lowest BCUT2D eigenvalue weighted by atomic mass is 9.43. The molecule has 6 heterocycles. The Bertz CT molecular complexity index is 3660. The van der Waals surface area contributed by atoms with Gasteiger partial charge in [-0.05, 0) is 171 Å². The van der Waals surface area contributed by atoms with Crippen LogP contribution in [0.5, 0.6) is 0 Å². The molecule has 4 saturated carbocycles. The zero-order valence-electron chi connectivity index (χ0n) is 54.1. The number of fused-ring (bicyclic) bond motifs is 6. The lowest BCUT2D eigenvalue weighted by molar-refractivity contribution is -0.145. The molecule has 10 aliphatic rings. The second-order valence-corrected chi connectivity index (χ2v) is 30.8. The van der Waals surface area contributed by atoms with Crippen LogP contribution < -0.4 is 21.3 Å². The normalized spacial score (nSPS) is 29.9. The summed E-state index contributed by atoms with van der Waals surface area (Å²) in [6.45, 7) is 2.13. The molecule has 8 fully saturated rings. The summed E-state index contributed by atoms with van der Waals surface area (Å²) in [7, 11) is 0. The highest BCUT2D eigenvalue weighted by Gasteiger charge is 2.79. The molecule has 4 aliphatic carbocycles. The van der Waals surface area contributed by atoms with Gasteiger partial charge >= 0.3 is 5.97 Å². The molecule has 5 N–H and O–H groups in total. The third-order valence-corrected chi connectivity index (χ3v) is 24.1. The molecule has 0 unspecified atom stereocenters. The van der Waals surface area contributed by atoms with Crippen molar-refractivity contribution in [2.45, 2.75) is 150 Å². The topological polar surface area (TPSA) is 208 Å². The zero-order valence-corrected chi connectivity index (χ0v) is 57.9. The van der Waals surface area contributed by atoms with Gasteiger partial charge in [0.1, 0.15) is 29.6 Å². The largest absolute Gasteiger partial charge is 0.481 e. The van der Waals surface area contributed by atoms with Gasteiger partial charge in [0.2, 0.25) is 23.6 Å². The van der Waals surface area contributed by atoms with Gasteiger partial charge in [-0.2, -0.15) is 0 Å². The highest BCUT2D eigenvalue weighted by molar-refractivity contribution is 6.32. The molecule has 4 amide bonds. The number of aliphatic carboxylic acids is 1. The summed E-state index contributed by atoms with van der Waals surface area (Å²) in [5, 5.41) is 22.4. The number of anilines is 2. The highest BCUT2D eigenvalue weighted by atomic mass is 35.5. The van der Waals surface area contributed by atoms with Gasteiger partial charge in [-0.25, -0.2) is 8.78 Å². The number of ether oxygens (including phenoxy) is 4. The maximum absolute atomic E-state index is 16.1. The van der Waals surface area contributed by atoms with Crippen LogP contribution in [0.3, 0.4) is 0 Å². The quantitative estimate of drug-likeness (QED) is 0.0751. The smallest absolute Gasteiger partial charge is 0.307 e. The number of benzene rings is 4. The number of hydrogen-bond donors (Lipinski definition) is 5. The van der Waals surface area contributed by atoms with Gasteiger partial charge in [0, 0.05) is 94.9 Å². The predicted molar refractivity (Wildman–Crippen MR) is 359 cm³/mol. The number of ketones is 1. The second kappa shape index (κ2) is 29.6. The van der Waals surface area contributed by atoms with Crippen LogP contribution in [0.1, 0.15) is 137 Å². The fraction of sp³-hybridized carbons (Fsp3) is 0.583. The number of hydrogen-bond acceptors (Lipinski definition) is 10. The number of carboxylic acid groups (broad SMARTS) is 1. The number of Topliss-reactive ketones (excluding diaryl/α,β-unsaturated/α-hetero) is 1. The summed E-state index contributed by atoms with van der Waals surface area (Å²) >= 11 is 24.8. The van der Waals surface area contributed by atoms with E-state index in [2.05, 4.69) is 28.2 Å². The lowest BCUT2D eigenvalue weighted by Gasteiger charge is -2.59. The minimum atomic E-state index is -1.55. The van der Waals surface area contributed by atoms with Crippen LogP contribution in [0, 0.1) is 57.0 Å². The van der Waals surface area contributed by atoms with Crippen molar-refractivity contribution < 1.29 is 79.2 Å². The standard InChI is InChI=1S/C36H39Cl2F3N2O5.C24H20Cl2F3NO3.C12H21NO3.ClH/c37-21-5-6-25-27(13-21)43-33(46)36(25)30(23-2-1-3-26(38)31(23)41)24(14-35(36)16-34(17-35,18-39)19-40)28(44)12-20-4-7-29(48-15-20)32(45)42-22-8-10-47-11-9-22;25-12-4-5-15-17(6-12)30-21(33)24(15)18(13-2-1-3-16(26)19(13)29)14(20(31)32)7-23(24)8-22(9-23,10-27)11-28;1-9-2-3-11(16-8-9)12(14)13-10-4-6-15-7-5-10;/h1-3,5-6,13,20,22,24,29-30H,4,7-12,14-19H2,(H,42,45)(H,43,46);1-6,14,18H,7-11H2,(H,30,33)(H,31,32);9-11H,2-8H2,1H3,(H,13,14);1H/t20-,24-,29-,30-,36+;14-,18+,24-;9-,11+;/m011./s1. The molecule has 4 aromatic carbocycles. The van der Waals surface area contributed by atoms with Gasteiger partial charge in [0.25, 0.3) is 0 Å². The lowest BCUT2D eigenvalue weighted by Crippen LogP contribution is -2.61. The van der Waals surface area contributed by atoms with E-state index in [4.69, 9.17) is 65.4 Å². The first-order valence-corrected chi connectivity index (χ1v) is 35.1. The van der Waals surface area contributed by atoms with E-state index in [1.165, 1.54) is 24.3 Å². The highest BCUT2D eigenvalue weighted by Crippen LogP contribution is 2.79. The molecule has 0 bridgehead atoms. The third-order valence-electron chi connectivity index (χ3n) is 23.1. The fourth-order valence-electron chi connectivity index (χ4n) is 18.9. The Balaban J connectivity index is 0.000000167. The van der Waals surface area contributed by atoms with Gasteiger partial charge in [0.05, 0.1) is 66.7 Å². The molecule has 98 heavy (non-hydrogen) atoms. The number of carboxylic acids is 1. The molecular weight excluding hydrogens is 1390 g/mol. The third kappa shape index (κ3) is 13.0. The number of carbonyl (C=O) groups is 6. The summed E-state index contributed by atoms with van der Waals surface area (Å²) in [6, 6.07) is 18.9. The Labute approximate surface area is 591 Å². The van der Waals surface area contributed by atoms with Crippen molar-refractivity contribution in [3.8, 4) is 0 Å². The number of carbonyl (C=O) groups excluding carboxylic acids is 5. The zero-order chi connectivity index (χ0) is 69.0. The molecule has 14 rings (SSSR count). The summed E-state index contributed by atoms with van der Waals surface area (Å²) < 4.78 is 110. The van der Waals surface area contributed by atoms with Gasteiger partial charge < -0.3 is 45.3 Å². The van der Waals surface area contributed by atoms with Crippen molar-refractivity contribution in [2.75, 3.05) is 77.0 Å². The summed E-state index contributed by atoms with van der Waals surface area (Å²) in [6.07, 6.45) is 5.73. The van der Waals surface area contributed by atoms with Crippen LogP contribution >= 0.6 is 58.8 Å². The maximum atomic E-state index is 16.1. The van der Waals surface area contributed by atoms with Crippen LogP contribution in [0.15, 0.2) is 72.8 Å². The average molecular weight is 1470 g/mol. The molecule has 4 spiro atoms. The first-order valence-electron chi connectivity index (χ1n) is 33.6. The van der Waals surface area contributed by atoms with Crippen molar-refractivity contribution in [3.63, 3.8) is 0 Å². The average Bonchev–Trinajstić information content (AvgIpc) is 1.48. The Morgan fingerprint density at radius 3 is 1.39 bits per heavy atom. The fourth-order valence-corrected chi connectivity index (χ4v) is 19.6. The van der Waals surface area contributed by atoms with Gasteiger partial charge in [-0.3, -0.25) is 46.3 Å². The Kier molecular flexibility index (Phi) is 22.4. The molecule has 0 radical (unpaired) electrons. The van der Waals surface area contributed by atoms with E-state index in [9.17, 15) is 51.4 Å². The summed E-state index contributed by atoms with van der Waals surface area (Å²) in [5.74, 6) is -7.70. The first kappa shape index (κ1) is 74.0. The molecule has 6 aliphatic heterocycles. The maximum Gasteiger partial charge on any atom is 0.307 e. The first-order chi connectivity index (χ1) is 46.5. The number of nitrogens with one attached hydrogen (secondary N) is 4. The molecule has 26 heteroatoms. The molecule has 4 saturated heterocycles. The second-order valence-electron chi connectivity index (χ2n) is 29.1. The SMILES string of the molecule is C[C@@H]1CC[C@@H](C(=O)NC2CCOCC2)OC1.Cl.O=C(NC1CCOCC1)[C@@H]1CC[C@@H](CC(=O)[C@@H]2CC3(CC(CF)(CF)C3)[C@@]3(C(=O)Nc4cc(Cl)ccc43)[C@H]2c2cccc(Cl)c2F)CO1.O=C(O)[C@@H]1CC2(CC(CF)(CF)C2)[C@@]2(C(=O)Nc3cc(Cl)ccc32)[C@H]1c1cccc(Cl)c1F. The van der Waals surface area contributed by atoms with Crippen LogP contribution in [-0.4, -0.2) is 131 Å². The van der Waals surface area contributed by atoms with Gasteiger partial charge in [0.15, 0.2) is 0 Å². The minimum absolute atomic E-state index is 0. The van der Waals surface area contributed by atoms with E-state index in [-0.39, 0.29) is 127 Å². The van der Waals surface area contributed by atoms with Crippen molar-refractivity contribution in [1.82, 2.24) is 10.6 Å². The van der Waals surface area contributed by atoms with E-state index in [1.807, 2.05) is 0 Å². The molecular formula is C72H81Cl5F6N4O11. The molecule has 10 atom stereocenters. The van der Waals surface area contributed by atoms with Crippen LogP contribution in [0.25, 0.3) is 0 Å². The van der Waals surface area contributed by atoms with E-state index in [0.29, 0.717) is 71.1 Å². The van der Waals surface area contributed by atoms with Gasteiger partial charge in [-0.1, -0.05) is 89.7 Å². The van der Waals surface area contributed by atoms with E-state index in [1.54, 1.807) is 48.5 Å². The Morgan fingerprint density at radius 2 is 0.990 bits per heavy atom. The minimum Gasteiger partial charge on any atom is -0.481 e. The van der Waals surface area contributed by atoms with Crippen molar-refractivity contribution in [1.29, 1.82) is 0 Å². The van der Waals surface area contributed by atoms with Crippen molar-refractivity contribution in [3.05, 3.63) is 127 Å². The van der Waals surface area contributed by atoms with Gasteiger partial charge in [-0.15, -0.1) is 12.4 Å². The van der Waals surface area contributed by atoms with E-state index in [0.717, 1.165) is 51.7 Å². The number of halogens is 11. The summed E-state index contributed by atoms with van der Waals surface area (Å²) in [4.78, 5) is 80.0. The molecule has 0 aromatic heterocycles. The monoisotopic (exact) mass is 1470 g/mol. The molecule has 15 nitrogen and oxygen atoms in total. The van der Waals surface area contributed by atoms with Crippen molar-refractivity contribution >= 4 is 106 Å². The summed E-state index contributed by atoms with van der Waals surface area (Å²) in [5.41, 5.74) is -5.73. The molecule has 532 valence electrons. The van der Waals surface area contributed by atoms with Crippen molar-refractivity contribution in [2.24, 2.45) is 45.3 Å².